The first-order chi connectivity index (χ1) is 10.7. The number of carbonyl (C=O) groups excluding carboxylic acids is 1. The first-order valence-electron chi connectivity index (χ1n) is 7.47. The zero-order valence-electron chi connectivity index (χ0n) is 12.7. The molecule has 1 heterocycles. The number of carbonyl (C=O) groups is 1. The van der Waals surface area contributed by atoms with Gasteiger partial charge in [-0.15, -0.1) is 0 Å². The maximum absolute atomic E-state index is 12.0. The molecule has 0 fully saturated rings. The van der Waals surface area contributed by atoms with Gasteiger partial charge in [0.1, 0.15) is 6.54 Å². The van der Waals surface area contributed by atoms with Crippen molar-refractivity contribution in [3.8, 4) is 0 Å². The summed E-state index contributed by atoms with van der Waals surface area (Å²) in [5.41, 5.74) is 3.46. The van der Waals surface area contributed by atoms with E-state index in [4.69, 9.17) is 4.74 Å². The van der Waals surface area contributed by atoms with Gasteiger partial charge < -0.3 is 9.30 Å². The molecule has 3 rings (SSSR count). The molecule has 0 spiro atoms. The zero-order chi connectivity index (χ0) is 15.4. The van der Waals surface area contributed by atoms with Crippen LogP contribution >= 0.6 is 0 Å². The molecule has 3 nitrogen and oxygen atoms in total. The van der Waals surface area contributed by atoms with E-state index in [1.807, 2.05) is 53.2 Å². The molecule has 0 atom stereocenters. The standard InChI is InChI=1S/C19H19NO2/c1-15-7-8-18-17(13-15)9-11-20(18)14-19(21)22-12-10-16-5-3-2-4-6-16/h2-9,11,13H,10,12,14H2,1H3. The minimum absolute atomic E-state index is 0.200. The van der Waals surface area contributed by atoms with Crippen molar-refractivity contribution in [2.24, 2.45) is 0 Å². The molecule has 0 radical (unpaired) electrons. The predicted octanol–water partition coefficient (Wildman–Crippen LogP) is 3.74. The smallest absolute Gasteiger partial charge is 0.325 e. The Kier molecular flexibility index (Phi) is 4.24. The fourth-order valence-electron chi connectivity index (χ4n) is 2.57. The lowest BCUT2D eigenvalue weighted by molar-refractivity contribution is -0.144. The lowest BCUT2D eigenvalue weighted by atomic mass is 10.2. The molecule has 22 heavy (non-hydrogen) atoms. The minimum Gasteiger partial charge on any atom is -0.464 e. The third-order valence-electron chi connectivity index (χ3n) is 3.72. The van der Waals surface area contributed by atoms with Gasteiger partial charge in [0.05, 0.1) is 6.61 Å². The van der Waals surface area contributed by atoms with E-state index in [1.165, 1.54) is 11.1 Å². The molecule has 112 valence electrons. The van der Waals surface area contributed by atoms with Gasteiger partial charge in [-0.3, -0.25) is 4.79 Å². The highest BCUT2D eigenvalue weighted by atomic mass is 16.5. The van der Waals surface area contributed by atoms with Crippen LogP contribution in [0.5, 0.6) is 0 Å². The third-order valence-corrected chi connectivity index (χ3v) is 3.72. The lowest BCUT2D eigenvalue weighted by Gasteiger charge is -2.07. The first kappa shape index (κ1) is 14.4. The number of ether oxygens (including phenoxy) is 1. The molecule has 0 aliphatic rings. The number of rotatable bonds is 5. The van der Waals surface area contributed by atoms with Crippen molar-refractivity contribution >= 4 is 16.9 Å². The van der Waals surface area contributed by atoms with Crippen LogP contribution in [0.2, 0.25) is 0 Å². The van der Waals surface area contributed by atoms with Gasteiger partial charge in [-0.1, -0.05) is 42.0 Å². The summed E-state index contributed by atoms with van der Waals surface area (Å²) in [6.07, 6.45) is 2.68. The van der Waals surface area contributed by atoms with Crippen molar-refractivity contribution in [3.05, 3.63) is 71.9 Å². The van der Waals surface area contributed by atoms with Crippen LogP contribution in [-0.4, -0.2) is 17.1 Å². The summed E-state index contributed by atoms with van der Waals surface area (Å²) in [6.45, 7) is 2.73. The largest absolute Gasteiger partial charge is 0.464 e. The Hall–Kier alpha value is -2.55. The zero-order valence-corrected chi connectivity index (χ0v) is 12.7. The molecule has 0 saturated carbocycles. The van der Waals surface area contributed by atoms with Gasteiger partial charge in [-0.2, -0.15) is 0 Å². The van der Waals surface area contributed by atoms with Gasteiger partial charge in [0.25, 0.3) is 0 Å². The van der Waals surface area contributed by atoms with Gasteiger partial charge in [-0.25, -0.2) is 0 Å². The van der Waals surface area contributed by atoms with Crippen molar-refractivity contribution in [2.45, 2.75) is 19.9 Å². The fourth-order valence-corrected chi connectivity index (χ4v) is 2.57. The lowest BCUT2D eigenvalue weighted by Crippen LogP contribution is -2.14. The van der Waals surface area contributed by atoms with E-state index in [9.17, 15) is 4.79 Å². The Balaban J connectivity index is 1.57. The quantitative estimate of drug-likeness (QED) is 0.671. The third kappa shape index (κ3) is 3.37. The molecule has 2 aromatic carbocycles. The number of aryl methyl sites for hydroxylation is 1. The second-order valence-electron chi connectivity index (χ2n) is 5.46. The van der Waals surface area contributed by atoms with Gasteiger partial charge in [0.2, 0.25) is 0 Å². The van der Waals surface area contributed by atoms with Crippen LogP contribution in [0.1, 0.15) is 11.1 Å². The van der Waals surface area contributed by atoms with Crippen LogP contribution in [0.25, 0.3) is 10.9 Å². The Bertz CT molecular complexity index is 774. The van der Waals surface area contributed by atoms with Crippen LogP contribution < -0.4 is 0 Å². The fraction of sp³-hybridized carbons (Fsp3) is 0.211. The number of aromatic nitrogens is 1. The van der Waals surface area contributed by atoms with Crippen molar-refractivity contribution < 1.29 is 9.53 Å². The van der Waals surface area contributed by atoms with Crippen molar-refractivity contribution in [2.75, 3.05) is 6.61 Å². The van der Waals surface area contributed by atoms with E-state index in [1.54, 1.807) is 0 Å². The summed E-state index contributed by atoms with van der Waals surface area (Å²) in [6, 6.07) is 18.3. The summed E-state index contributed by atoms with van der Waals surface area (Å²) < 4.78 is 7.26. The Morgan fingerprint density at radius 3 is 2.73 bits per heavy atom. The number of benzene rings is 2. The van der Waals surface area contributed by atoms with Crippen LogP contribution in [0.3, 0.4) is 0 Å². The van der Waals surface area contributed by atoms with E-state index in [2.05, 4.69) is 19.1 Å². The van der Waals surface area contributed by atoms with Gasteiger partial charge in [-0.05, 0) is 36.1 Å². The van der Waals surface area contributed by atoms with E-state index in [0.29, 0.717) is 6.61 Å². The van der Waals surface area contributed by atoms with Crippen molar-refractivity contribution in [3.63, 3.8) is 0 Å². The minimum atomic E-state index is -0.200. The molecule has 0 aliphatic carbocycles. The molecule has 0 amide bonds. The van der Waals surface area contributed by atoms with Crippen molar-refractivity contribution in [1.29, 1.82) is 0 Å². The SMILES string of the molecule is Cc1ccc2c(ccn2CC(=O)OCCc2ccccc2)c1. The molecule has 1 aromatic heterocycles. The summed E-state index contributed by atoms with van der Waals surface area (Å²) in [4.78, 5) is 12.0. The Morgan fingerprint density at radius 1 is 1.09 bits per heavy atom. The summed E-state index contributed by atoms with van der Waals surface area (Å²) in [5, 5.41) is 1.15. The van der Waals surface area contributed by atoms with Crippen LogP contribution in [0, 0.1) is 6.92 Å². The molecule has 3 aromatic rings. The molecular weight excluding hydrogens is 274 g/mol. The average Bonchev–Trinajstić information content (AvgIpc) is 2.90. The van der Waals surface area contributed by atoms with E-state index >= 15 is 0 Å². The number of esters is 1. The topological polar surface area (TPSA) is 31.2 Å². The second kappa shape index (κ2) is 6.48. The number of hydrogen-bond acceptors (Lipinski definition) is 2. The van der Waals surface area contributed by atoms with Gasteiger partial charge in [0, 0.05) is 18.1 Å². The summed E-state index contributed by atoms with van der Waals surface area (Å²) >= 11 is 0. The highest BCUT2D eigenvalue weighted by molar-refractivity contribution is 5.82. The number of fused-ring (bicyclic) bond motifs is 1. The predicted molar refractivity (Wildman–Crippen MR) is 87.8 cm³/mol. The highest BCUT2D eigenvalue weighted by Crippen LogP contribution is 2.17. The maximum atomic E-state index is 12.0. The van der Waals surface area contributed by atoms with Crippen LogP contribution in [0.15, 0.2) is 60.8 Å². The Labute approximate surface area is 130 Å². The van der Waals surface area contributed by atoms with Crippen LogP contribution in [0.4, 0.5) is 0 Å². The molecule has 0 saturated heterocycles. The van der Waals surface area contributed by atoms with Crippen LogP contribution in [-0.2, 0) is 22.5 Å². The maximum Gasteiger partial charge on any atom is 0.325 e. The molecule has 0 N–H and O–H groups in total. The second-order valence-corrected chi connectivity index (χ2v) is 5.46. The normalized spacial score (nSPS) is 10.8. The van der Waals surface area contributed by atoms with Gasteiger partial charge >= 0.3 is 5.97 Å². The number of hydrogen-bond donors (Lipinski definition) is 0. The summed E-state index contributed by atoms with van der Waals surface area (Å²) in [5.74, 6) is -0.200. The highest BCUT2D eigenvalue weighted by Gasteiger charge is 2.07. The Morgan fingerprint density at radius 2 is 1.91 bits per heavy atom. The summed E-state index contributed by atoms with van der Waals surface area (Å²) in [7, 11) is 0. The molecule has 0 bridgehead atoms. The first-order valence-corrected chi connectivity index (χ1v) is 7.47. The van der Waals surface area contributed by atoms with Crippen molar-refractivity contribution in [1.82, 2.24) is 4.57 Å². The molecule has 3 heteroatoms. The van der Waals surface area contributed by atoms with E-state index < -0.39 is 0 Å². The number of nitrogens with zero attached hydrogens (tertiary/aromatic N) is 1. The molecular formula is C19H19NO2. The average molecular weight is 293 g/mol. The van der Waals surface area contributed by atoms with Gasteiger partial charge in [0.15, 0.2) is 0 Å². The monoisotopic (exact) mass is 293 g/mol. The van der Waals surface area contributed by atoms with E-state index in [0.717, 1.165) is 17.3 Å². The van der Waals surface area contributed by atoms with E-state index in [-0.39, 0.29) is 12.5 Å². The molecule has 0 unspecified atom stereocenters. The molecule has 0 aliphatic heterocycles.